The molecule has 0 bridgehead atoms. The minimum atomic E-state index is 0.0556. The first kappa shape index (κ1) is 15.8. The summed E-state index contributed by atoms with van der Waals surface area (Å²) in [4.78, 5) is 26.2. The van der Waals surface area contributed by atoms with Crippen LogP contribution in [0.1, 0.15) is 43.0 Å². The molecule has 0 radical (unpaired) electrons. The Morgan fingerprint density at radius 2 is 1.78 bits per heavy atom. The van der Waals surface area contributed by atoms with Crippen molar-refractivity contribution in [1.82, 2.24) is 10.2 Å². The molecule has 124 valence electrons. The van der Waals surface area contributed by atoms with Crippen molar-refractivity contribution in [2.75, 3.05) is 19.7 Å². The summed E-state index contributed by atoms with van der Waals surface area (Å²) < 4.78 is 5.40. The number of nitrogens with one attached hydrogen (secondary N) is 1. The van der Waals surface area contributed by atoms with E-state index < -0.39 is 0 Å². The molecule has 2 amide bonds. The van der Waals surface area contributed by atoms with Crippen molar-refractivity contribution in [3.63, 3.8) is 0 Å². The van der Waals surface area contributed by atoms with Crippen LogP contribution in [-0.4, -0.2) is 42.5 Å². The summed E-state index contributed by atoms with van der Waals surface area (Å²) in [6.45, 7) is 3.95. The maximum absolute atomic E-state index is 12.5. The van der Waals surface area contributed by atoms with Crippen molar-refractivity contribution >= 4 is 11.8 Å². The van der Waals surface area contributed by atoms with Crippen LogP contribution < -0.4 is 10.1 Å². The minimum Gasteiger partial charge on any atom is -0.494 e. The van der Waals surface area contributed by atoms with E-state index in [4.69, 9.17) is 4.74 Å². The summed E-state index contributed by atoms with van der Waals surface area (Å²) in [6.07, 6.45) is 3.73. The number of hydrogen-bond acceptors (Lipinski definition) is 3. The average molecular weight is 316 g/mol. The third kappa shape index (κ3) is 4.03. The van der Waals surface area contributed by atoms with Gasteiger partial charge in [0.15, 0.2) is 0 Å². The highest BCUT2D eigenvalue weighted by Crippen LogP contribution is 2.29. The van der Waals surface area contributed by atoms with Crippen LogP contribution in [0, 0.1) is 5.92 Å². The van der Waals surface area contributed by atoms with Crippen LogP contribution in [0.3, 0.4) is 0 Å². The van der Waals surface area contributed by atoms with Gasteiger partial charge in [0.25, 0.3) is 5.91 Å². The number of amides is 2. The smallest absolute Gasteiger partial charge is 0.253 e. The third-order valence-electron chi connectivity index (χ3n) is 4.49. The van der Waals surface area contributed by atoms with Crippen molar-refractivity contribution in [3.05, 3.63) is 29.8 Å². The van der Waals surface area contributed by atoms with E-state index in [0.717, 1.165) is 31.4 Å². The van der Waals surface area contributed by atoms with Gasteiger partial charge in [-0.1, -0.05) is 0 Å². The first-order chi connectivity index (χ1) is 11.2. The highest BCUT2D eigenvalue weighted by atomic mass is 16.5. The van der Waals surface area contributed by atoms with E-state index in [1.807, 2.05) is 36.1 Å². The highest BCUT2D eigenvalue weighted by Gasteiger charge is 2.32. The van der Waals surface area contributed by atoms with Crippen LogP contribution in [-0.2, 0) is 4.79 Å². The lowest BCUT2D eigenvalue weighted by Crippen LogP contribution is -2.46. The van der Waals surface area contributed by atoms with Gasteiger partial charge in [0.2, 0.25) is 5.91 Å². The molecule has 0 spiro atoms. The van der Waals surface area contributed by atoms with E-state index in [-0.39, 0.29) is 23.8 Å². The topological polar surface area (TPSA) is 58.6 Å². The number of nitrogens with zero attached hydrogens (tertiary/aromatic N) is 1. The standard InChI is InChI=1S/C18H24N2O3/c1-2-23-16-7-5-14(6-8-16)18(22)20-11-9-15(10-12-20)19-17(21)13-3-4-13/h5-8,13,15H,2-4,9-12H2,1H3,(H,19,21). The zero-order valence-corrected chi connectivity index (χ0v) is 13.6. The Kier molecular flexibility index (Phi) is 4.84. The van der Waals surface area contributed by atoms with Crippen molar-refractivity contribution < 1.29 is 14.3 Å². The van der Waals surface area contributed by atoms with Crippen LogP contribution in [0.2, 0.25) is 0 Å². The van der Waals surface area contributed by atoms with Gasteiger partial charge in [-0.3, -0.25) is 9.59 Å². The van der Waals surface area contributed by atoms with Gasteiger partial charge in [-0.15, -0.1) is 0 Å². The fraction of sp³-hybridized carbons (Fsp3) is 0.556. The second-order valence-corrected chi connectivity index (χ2v) is 6.31. The molecule has 1 aromatic carbocycles. The Balaban J connectivity index is 1.50. The van der Waals surface area contributed by atoms with E-state index in [1.165, 1.54) is 0 Å². The highest BCUT2D eigenvalue weighted by molar-refractivity contribution is 5.94. The molecule has 1 aliphatic heterocycles. The van der Waals surface area contributed by atoms with Crippen LogP contribution in [0.5, 0.6) is 5.75 Å². The summed E-state index contributed by atoms with van der Waals surface area (Å²) in [6, 6.07) is 7.51. The molecule has 1 aromatic rings. The summed E-state index contributed by atoms with van der Waals surface area (Å²) in [5.41, 5.74) is 0.689. The fourth-order valence-corrected chi connectivity index (χ4v) is 2.93. The fourth-order valence-electron chi connectivity index (χ4n) is 2.93. The van der Waals surface area contributed by atoms with Crippen molar-refractivity contribution in [3.8, 4) is 5.75 Å². The molecule has 1 aliphatic carbocycles. The third-order valence-corrected chi connectivity index (χ3v) is 4.49. The number of hydrogen-bond donors (Lipinski definition) is 1. The molecule has 23 heavy (non-hydrogen) atoms. The van der Waals surface area contributed by atoms with Gasteiger partial charge in [-0.05, 0) is 56.9 Å². The molecule has 1 N–H and O–H groups in total. The predicted molar refractivity (Wildman–Crippen MR) is 87.4 cm³/mol. The quantitative estimate of drug-likeness (QED) is 0.906. The zero-order valence-electron chi connectivity index (χ0n) is 13.6. The largest absolute Gasteiger partial charge is 0.494 e. The second-order valence-electron chi connectivity index (χ2n) is 6.31. The summed E-state index contributed by atoms with van der Waals surface area (Å²) in [5.74, 6) is 1.28. The molecule has 1 saturated heterocycles. The SMILES string of the molecule is CCOc1ccc(C(=O)N2CCC(NC(=O)C3CC3)CC2)cc1. The number of carbonyl (C=O) groups excluding carboxylic acids is 2. The maximum atomic E-state index is 12.5. The van der Waals surface area contributed by atoms with Crippen LogP contribution in [0.4, 0.5) is 0 Å². The van der Waals surface area contributed by atoms with Gasteiger partial charge in [-0.2, -0.15) is 0 Å². The molecule has 5 heteroatoms. The van der Waals surface area contributed by atoms with Crippen LogP contribution in [0.15, 0.2) is 24.3 Å². The van der Waals surface area contributed by atoms with Gasteiger partial charge in [0.1, 0.15) is 5.75 Å². The zero-order chi connectivity index (χ0) is 16.2. The minimum absolute atomic E-state index is 0.0556. The van der Waals surface area contributed by atoms with Gasteiger partial charge < -0.3 is 15.0 Å². The lowest BCUT2D eigenvalue weighted by molar-refractivity contribution is -0.123. The van der Waals surface area contributed by atoms with Gasteiger partial charge in [0, 0.05) is 30.6 Å². The van der Waals surface area contributed by atoms with E-state index in [0.29, 0.717) is 25.3 Å². The molecule has 1 saturated carbocycles. The molecule has 0 unspecified atom stereocenters. The van der Waals surface area contributed by atoms with Crippen molar-refractivity contribution in [1.29, 1.82) is 0 Å². The number of likely N-dealkylation sites (tertiary alicyclic amines) is 1. The van der Waals surface area contributed by atoms with E-state index in [9.17, 15) is 9.59 Å². The Labute approximate surface area is 137 Å². The first-order valence-electron chi connectivity index (χ1n) is 8.50. The van der Waals surface area contributed by atoms with Crippen molar-refractivity contribution in [2.45, 2.75) is 38.6 Å². The van der Waals surface area contributed by atoms with Gasteiger partial charge in [0.05, 0.1) is 6.61 Å². The Hall–Kier alpha value is -2.04. The normalized spacial score (nSPS) is 18.6. The van der Waals surface area contributed by atoms with E-state index >= 15 is 0 Å². The molecule has 0 aromatic heterocycles. The molecular formula is C18H24N2O3. The van der Waals surface area contributed by atoms with Crippen LogP contribution in [0.25, 0.3) is 0 Å². The molecule has 2 fully saturated rings. The average Bonchev–Trinajstić information content (AvgIpc) is 3.41. The second kappa shape index (κ2) is 7.02. The molecule has 3 rings (SSSR count). The van der Waals surface area contributed by atoms with E-state index in [2.05, 4.69) is 5.32 Å². The number of piperidine rings is 1. The Bertz CT molecular complexity index is 558. The lowest BCUT2D eigenvalue weighted by atomic mass is 10.0. The molecule has 0 atom stereocenters. The van der Waals surface area contributed by atoms with Crippen LogP contribution >= 0.6 is 0 Å². The Morgan fingerprint density at radius 1 is 1.13 bits per heavy atom. The number of ether oxygens (including phenoxy) is 1. The number of rotatable bonds is 5. The number of carbonyl (C=O) groups is 2. The first-order valence-corrected chi connectivity index (χ1v) is 8.50. The molecule has 1 heterocycles. The number of benzene rings is 1. The molecular weight excluding hydrogens is 292 g/mol. The van der Waals surface area contributed by atoms with Gasteiger partial charge in [-0.25, -0.2) is 0 Å². The van der Waals surface area contributed by atoms with E-state index in [1.54, 1.807) is 0 Å². The predicted octanol–water partition coefficient (Wildman–Crippen LogP) is 2.22. The molecule has 2 aliphatic rings. The monoisotopic (exact) mass is 316 g/mol. The summed E-state index contributed by atoms with van der Waals surface area (Å²) in [7, 11) is 0. The maximum Gasteiger partial charge on any atom is 0.253 e. The van der Waals surface area contributed by atoms with Crippen molar-refractivity contribution in [2.24, 2.45) is 5.92 Å². The summed E-state index contributed by atoms with van der Waals surface area (Å²) in [5, 5.41) is 3.11. The molecule has 5 nitrogen and oxygen atoms in total. The van der Waals surface area contributed by atoms with Gasteiger partial charge >= 0.3 is 0 Å². The summed E-state index contributed by atoms with van der Waals surface area (Å²) >= 11 is 0. The Morgan fingerprint density at radius 3 is 2.35 bits per heavy atom. The lowest BCUT2D eigenvalue weighted by Gasteiger charge is -2.32.